The van der Waals surface area contributed by atoms with E-state index in [0.717, 1.165) is 35.3 Å². The molecule has 1 heterocycles. The van der Waals surface area contributed by atoms with Crippen molar-refractivity contribution in [3.05, 3.63) is 60.4 Å². The van der Waals surface area contributed by atoms with Gasteiger partial charge < -0.3 is 10.1 Å². The molecule has 4 nitrogen and oxygen atoms in total. The van der Waals surface area contributed by atoms with Crippen molar-refractivity contribution in [3.8, 4) is 5.75 Å². The molecule has 0 saturated heterocycles. The predicted molar refractivity (Wildman–Crippen MR) is 87.1 cm³/mol. The summed E-state index contributed by atoms with van der Waals surface area (Å²) in [6.07, 6.45) is 3.85. The van der Waals surface area contributed by atoms with E-state index in [9.17, 15) is 0 Å². The smallest absolute Gasteiger partial charge is 0.137 e. The zero-order valence-corrected chi connectivity index (χ0v) is 12.4. The molecule has 3 aromatic rings. The summed E-state index contributed by atoms with van der Waals surface area (Å²) in [5.41, 5.74) is 2.22. The molecular weight excluding hydrogens is 274 g/mol. The normalized spacial score (nSPS) is 15.5. The van der Waals surface area contributed by atoms with Gasteiger partial charge in [-0.25, -0.2) is 9.97 Å². The molecule has 22 heavy (non-hydrogen) atoms. The van der Waals surface area contributed by atoms with Crippen LogP contribution < -0.4 is 10.1 Å². The molecule has 4 rings (SSSR count). The fraction of sp³-hybridized carbons (Fsp3) is 0.222. The van der Waals surface area contributed by atoms with E-state index in [1.54, 1.807) is 13.4 Å². The van der Waals surface area contributed by atoms with Crippen LogP contribution in [0.3, 0.4) is 0 Å². The molecule has 4 heteroatoms. The summed E-state index contributed by atoms with van der Waals surface area (Å²) in [7, 11) is 1.66. The van der Waals surface area contributed by atoms with E-state index in [2.05, 4.69) is 39.6 Å². The summed E-state index contributed by atoms with van der Waals surface area (Å²) < 4.78 is 5.26. The lowest BCUT2D eigenvalue weighted by atomic mass is 10.0. The van der Waals surface area contributed by atoms with Gasteiger partial charge >= 0.3 is 0 Å². The number of aromatic nitrogens is 2. The van der Waals surface area contributed by atoms with Gasteiger partial charge in [-0.15, -0.1) is 0 Å². The van der Waals surface area contributed by atoms with Crippen molar-refractivity contribution in [2.24, 2.45) is 0 Å². The average molecular weight is 291 g/mol. The minimum absolute atomic E-state index is 0.0163. The second-order valence-corrected chi connectivity index (χ2v) is 5.68. The highest BCUT2D eigenvalue weighted by Crippen LogP contribution is 2.48. The molecule has 0 aliphatic heterocycles. The van der Waals surface area contributed by atoms with Gasteiger partial charge in [0.1, 0.15) is 17.9 Å². The van der Waals surface area contributed by atoms with Gasteiger partial charge in [-0.1, -0.05) is 30.3 Å². The van der Waals surface area contributed by atoms with Crippen molar-refractivity contribution in [2.75, 3.05) is 12.4 Å². The molecule has 0 amide bonds. The highest BCUT2D eigenvalue weighted by atomic mass is 16.5. The van der Waals surface area contributed by atoms with Gasteiger partial charge in [-0.3, -0.25) is 0 Å². The first kappa shape index (κ1) is 13.1. The van der Waals surface area contributed by atoms with Crippen LogP contribution in [0.1, 0.15) is 18.4 Å². The van der Waals surface area contributed by atoms with Gasteiger partial charge in [0.15, 0.2) is 0 Å². The molecule has 0 spiro atoms. The topological polar surface area (TPSA) is 47.0 Å². The first-order chi connectivity index (χ1) is 10.8. The molecule has 0 atom stereocenters. The van der Waals surface area contributed by atoms with Crippen molar-refractivity contribution in [1.29, 1.82) is 0 Å². The molecule has 110 valence electrons. The first-order valence-electron chi connectivity index (χ1n) is 7.43. The first-order valence-corrected chi connectivity index (χ1v) is 7.43. The van der Waals surface area contributed by atoms with E-state index in [-0.39, 0.29) is 5.54 Å². The van der Waals surface area contributed by atoms with E-state index >= 15 is 0 Å². The van der Waals surface area contributed by atoms with E-state index in [0.29, 0.717) is 0 Å². The Bertz CT molecular complexity index is 813. The van der Waals surface area contributed by atoms with Gasteiger partial charge in [0.05, 0.1) is 18.2 Å². The number of benzene rings is 2. The number of fused-ring (bicyclic) bond motifs is 1. The van der Waals surface area contributed by atoms with Gasteiger partial charge in [0.2, 0.25) is 0 Å². The third-order valence-electron chi connectivity index (χ3n) is 4.28. The van der Waals surface area contributed by atoms with Gasteiger partial charge in [0.25, 0.3) is 0 Å². The molecule has 1 aliphatic rings. The van der Waals surface area contributed by atoms with Crippen LogP contribution in [0.2, 0.25) is 0 Å². The summed E-state index contributed by atoms with van der Waals surface area (Å²) in [6, 6.07) is 16.5. The van der Waals surface area contributed by atoms with Crippen LogP contribution in [-0.4, -0.2) is 17.1 Å². The SMILES string of the molecule is COc1ccc2c(NC3(c4ccccc4)CC3)ncnc2c1. The van der Waals surface area contributed by atoms with E-state index in [4.69, 9.17) is 4.74 Å². The zero-order valence-electron chi connectivity index (χ0n) is 12.4. The fourth-order valence-corrected chi connectivity index (χ4v) is 2.86. The Hall–Kier alpha value is -2.62. The van der Waals surface area contributed by atoms with Gasteiger partial charge in [-0.2, -0.15) is 0 Å². The third-order valence-corrected chi connectivity index (χ3v) is 4.28. The van der Waals surface area contributed by atoms with Crippen molar-refractivity contribution in [2.45, 2.75) is 18.4 Å². The molecule has 0 unspecified atom stereocenters. The Morgan fingerprint density at radius 1 is 1.05 bits per heavy atom. The fourth-order valence-electron chi connectivity index (χ4n) is 2.86. The highest BCUT2D eigenvalue weighted by Gasteiger charge is 2.44. The molecule has 0 bridgehead atoms. The predicted octanol–water partition coefficient (Wildman–Crippen LogP) is 3.74. The molecule has 2 aromatic carbocycles. The molecule has 1 aliphatic carbocycles. The Balaban J connectivity index is 1.73. The zero-order chi connectivity index (χ0) is 15.0. The number of rotatable bonds is 4. The maximum atomic E-state index is 5.26. The summed E-state index contributed by atoms with van der Waals surface area (Å²) >= 11 is 0. The Kier molecular flexibility index (Phi) is 2.96. The second-order valence-electron chi connectivity index (χ2n) is 5.68. The average Bonchev–Trinajstić information content (AvgIpc) is 3.36. The lowest BCUT2D eigenvalue weighted by Crippen LogP contribution is -2.19. The number of hydrogen-bond donors (Lipinski definition) is 1. The number of nitrogens with one attached hydrogen (secondary N) is 1. The van der Waals surface area contributed by atoms with Crippen LogP contribution in [0.25, 0.3) is 10.9 Å². The van der Waals surface area contributed by atoms with Gasteiger partial charge in [0, 0.05) is 11.5 Å². The standard InChI is InChI=1S/C18H17N3O/c1-22-14-7-8-15-16(11-14)19-12-20-17(15)21-18(9-10-18)13-5-3-2-4-6-13/h2-8,11-12H,9-10H2,1H3,(H,19,20,21). The minimum atomic E-state index is 0.0163. The summed E-state index contributed by atoms with van der Waals surface area (Å²) in [5, 5.41) is 4.65. The quantitative estimate of drug-likeness (QED) is 0.795. The number of nitrogens with zero attached hydrogens (tertiary/aromatic N) is 2. The molecule has 1 aromatic heterocycles. The third kappa shape index (κ3) is 2.17. The Morgan fingerprint density at radius 2 is 1.86 bits per heavy atom. The van der Waals surface area contributed by atoms with Crippen molar-refractivity contribution in [1.82, 2.24) is 9.97 Å². The molecule has 0 radical (unpaired) electrons. The lowest BCUT2D eigenvalue weighted by Gasteiger charge is -2.19. The largest absolute Gasteiger partial charge is 0.497 e. The minimum Gasteiger partial charge on any atom is -0.497 e. The molecular formula is C18H17N3O. The molecule has 1 fully saturated rings. The number of ether oxygens (including phenoxy) is 1. The van der Waals surface area contributed by atoms with Crippen molar-refractivity contribution in [3.63, 3.8) is 0 Å². The summed E-state index contributed by atoms with van der Waals surface area (Å²) in [5.74, 6) is 1.69. The van der Waals surface area contributed by atoms with Crippen LogP contribution in [0.15, 0.2) is 54.9 Å². The number of hydrogen-bond acceptors (Lipinski definition) is 4. The van der Waals surface area contributed by atoms with Crippen molar-refractivity contribution >= 4 is 16.7 Å². The summed E-state index contributed by atoms with van der Waals surface area (Å²) in [6.45, 7) is 0. The lowest BCUT2D eigenvalue weighted by molar-refractivity contribution is 0.415. The van der Waals surface area contributed by atoms with Crippen LogP contribution in [0.4, 0.5) is 5.82 Å². The molecule has 1 N–H and O–H groups in total. The van der Waals surface area contributed by atoms with Crippen LogP contribution >= 0.6 is 0 Å². The van der Waals surface area contributed by atoms with E-state index in [1.165, 1.54) is 5.56 Å². The van der Waals surface area contributed by atoms with Gasteiger partial charge in [-0.05, 0) is 30.5 Å². The number of anilines is 1. The van der Waals surface area contributed by atoms with Crippen LogP contribution in [0, 0.1) is 0 Å². The maximum Gasteiger partial charge on any atom is 0.137 e. The second kappa shape index (κ2) is 4.98. The maximum absolute atomic E-state index is 5.26. The summed E-state index contributed by atoms with van der Waals surface area (Å²) in [4.78, 5) is 8.79. The Labute approximate surface area is 129 Å². The van der Waals surface area contributed by atoms with Crippen molar-refractivity contribution < 1.29 is 4.74 Å². The van der Waals surface area contributed by atoms with E-state index in [1.807, 2.05) is 24.3 Å². The molecule has 1 saturated carbocycles. The number of methoxy groups -OCH3 is 1. The van der Waals surface area contributed by atoms with Crippen LogP contribution in [-0.2, 0) is 5.54 Å². The van der Waals surface area contributed by atoms with E-state index < -0.39 is 0 Å². The monoisotopic (exact) mass is 291 g/mol. The Morgan fingerprint density at radius 3 is 2.59 bits per heavy atom. The van der Waals surface area contributed by atoms with Crippen LogP contribution in [0.5, 0.6) is 5.75 Å². The highest BCUT2D eigenvalue weighted by molar-refractivity contribution is 5.90.